The Morgan fingerprint density at radius 1 is 1.00 bits per heavy atom. The Morgan fingerprint density at radius 3 is 2.59 bits per heavy atom. The Labute approximate surface area is 193 Å². The van der Waals surface area contributed by atoms with Crippen LogP contribution in [0.4, 0.5) is 0 Å². The van der Waals surface area contributed by atoms with E-state index in [1.165, 1.54) is 0 Å². The van der Waals surface area contributed by atoms with Crippen LogP contribution in [0, 0.1) is 0 Å². The van der Waals surface area contributed by atoms with E-state index in [-0.39, 0.29) is 18.5 Å². The number of carbonyl (C=O) groups is 2. The fourth-order valence-corrected chi connectivity index (χ4v) is 4.33. The van der Waals surface area contributed by atoms with Gasteiger partial charge < -0.3 is 10.2 Å². The quantitative estimate of drug-likeness (QED) is 0.447. The number of hydrogen-bond donors (Lipinski definition) is 1. The first-order valence-corrected chi connectivity index (χ1v) is 11.1. The van der Waals surface area contributed by atoms with E-state index in [1.807, 2.05) is 66.7 Å². The van der Waals surface area contributed by atoms with Crippen molar-refractivity contribution in [3.05, 3.63) is 94.0 Å². The first-order chi connectivity index (χ1) is 15.6. The Balaban J connectivity index is 1.36. The van der Waals surface area contributed by atoms with Crippen LogP contribution in [0.5, 0.6) is 0 Å². The highest BCUT2D eigenvalue weighted by atomic mass is 79.9. The molecule has 32 heavy (non-hydrogen) atoms. The van der Waals surface area contributed by atoms with E-state index >= 15 is 0 Å². The average Bonchev–Trinajstić information content (AvgIpc) is 3.36. The molecule has 0 radical (unpaired) electrons. The zero-order chi connectivity index (χ0) is 22.1. The highest BCUT2D eigenvalue weighted by molar-refractivity contribution is 9.10. The largest absolute Gasteiger partial charge is 0.335 e. The van der Waals surface area contributed by atoms with Crippen molar-refractivity contribution in [3.8, 4) is 0 Å². The van der Waals surface area contributed by atoms with Gasteiger partial charge in [0.2, 0.25) is 5.91 Å². The van der Waals surface area contributed by atoms with E-state index in [2.05, 4.69) is 31.6 Å². The highest BCUT2D eigenvalue weighted by Gasteiger charge is 2.40. The Hall–Kier alpha value is -3.52. The summed E-state index contributed by atoms with van der Waals surface area (Å²) < 4.78 is 2.64. The number of nitrogens with one attached hydrogen (secondary N) is 1. The SMILES string of the molecule is O=C(NCn1nnc2ccccc21)C1c2ccccc2C(=O)N1CCc1ccc(Br)cc1. The molecular weight excluding hydrogens is 470 g/mol. The zero-order valence-corrected chi connectivity index (χ0v) is 18.7. The van der Waals surface area contributed by atoms with Gasteiger partial charge in [0, 0.05) is 16.6 Å². The molecule has 1 aliphatic rings. The number of carbonyl (C=O) groups excluding carboxylic acids is 2. The lowest BCUT2D eigenvalue weighted by Crippen LogP contribution is -2.40. The number of nitrogens with zero attached hydrogens (tertiary/aromatic N) is 4. The normalized spacial score (nSPS) is 15.2. The number of amides is 2. The highest BCUT2D eigenvalue weighted by Crippen LogP contribution is 2.34. The molecule has 4 aromatic rings. The van der Waals surface area contributed by atoms with E-state index < -0.39 is 6.04 Å². The molecule has 2 amide bonds. The van der Waals surface area contributed by atoms with Crippen LogP contribution in [0.3, 0.4) is 0 Å². The monoisotopic (exact) mass is 489 g/mol. The molecule has 1 aliphatic heterocycles. The maximum absolute atomic E-state index is 13.3. The molecule has 0 fully saturated rings. The van der Waals surface area contributed by atoms with Crippen molar-refractivity contribution in [3.63, 3.8) is 0 Å². The molecular formula is C24H20BrN5O2. The predicted molar refractivity (Wildman–Crippen MR) is 124 cm³/mol. The third-order valence-electron chi connectivity index (χ3n) is 5.68. The second kappa shape index (κ2) is 8.55. The van der Waals surface area contributed by atoms with Crippen LogP contribution in [0.2, 0.25) is 0 Å². The molecule has 1 N–H and O–H groups in total. The fraction of sp³-hybridized carbons (Fsp3) is 0.167. The van der Waals surface area contributed by atoms with Gasteiger partial charge >= 0.3 is 0 Å². The van der Waals surface area contributed by atoms with Crippen molar-refractivity contribution in [2.45, 2.75) is 19.1 Å². The van der Waals surface area contributed by atoms with Gasteiger partial charge in [-0.05, 0) is 47.9 Å². The lowest BCUT2D eigenvalue weighted by Gasteiger charge is -2.24. The van der Waals surface area contributed by atoms with E-state index in [0.717, 1.165) is 26.6 Å². The number of fused-ring (bicyclic) bond motifs is 2. The van der Waals surface area contributed by atoms with Gasteiger partial charge in [-0.15, -0.1) is 5.10 Å². The number of rotatable bonds is 6. The lowest BCUT2D eigenvalue weighted by atomic mass is 10.0. The summed E-state index contributed by atoms with van der Waals surface area (Å²) in [5, 5.41) is 11.2. The number of hydrogen-bond acceptors (Lipinski definition) is 4. The van der Waals surface area contributed by atoms with E-state index in [1.54, 1.807) is 15.6 Å². The summed E-state index contributed by atoms with van der Waals surface area (Å²) in [6.07, 6.45) is 0.657. The van der Waals surface area contributed by atoms with Gasteiger partial charge in [0.1, 0.15) is 18.2 Å². The summed E-state index contributed by atoms with van der Waals surface area (Å²) >= 11 is 3.44. The Kier molecular flexibility index (Phi) is 5.45. The maximum atomic E-state index is 13.3. The standard InChI is InChI=1S/C24H20BrN5O2/c25-17-11-9-16(10-12-17)13-14-29-22(18-5-1-2-6-19(18)24(29)32)23(31)26-15-30-21-8-4-3-7-20(21)27-28-30/h1-12,22H,13-15H2,(H,26,31). The topological polar surface area (TPSA) is 80.1 Å². The van der Waals surface area contributed by atoms with Gasteiger partial charge in [-0.25, -0.2) is 4.68 Å². The molecule has 0 spiro atoms. The summed E-state index contributed by atoms with van der Waals surface area (Å²) in [5.41, 5.74) is 4.01. The second-order valence-electron chi connectivity index (χ2n) is 7.64. The van der Waals surface area contributed by atoms with Crippen molar-refractivity contribution in [1.29, 1.82) is 0 Å². The Morgan fingerprint density at radius 2 is 1.75 bits per heavy atom. The van der Waals surface area contributed by atoms with Gasteiger partial charge in [-0.1, -0.05) is 63.6 Å². The molecule has 1 atom stereocenters. The Bertz CT molecular complexity index is 1300. The fourth-order valence-electron chi connectivity index (χ4n) is 4.07. The molecule has 7 nitrogen and oxygen atoms in total. The van der Waals surface area contributed by atoms with Gasteiger partial charge in [0.05, 0.1) is 5.52 Å². The molecule has 3 aromatic carbocycles. The van der Waals surface area contributed by atoms with Crippen LogP contribution in [0.15, 0.2) is 77.3 Å². The molecule has 0 bridgehead atoms. The molecule has 0 saturated heterocycles. The van der Waals surface area contributed by atoms with Crippen molar-refractivity contribution in [2.24, 2.45) is 0 Å². The lowest BCUT2D eigenvalue weighted by molar-refractivity contribution is -0.126. The van der Waals surface area contributed by atoms with Crippen molar-refractivity contribution in [1.82, 2.24) is 25.2 Å². The summed E-state index contributed by atoms with van der Waals surface area (Å²) in [7, 11) is 0. The minimum atomic E-state index is -0.677. The molecule has 160 valence electrons. The summed E-state index contributed by atoms with van der Waals surface area (Å²) in [5.74, 6) is -0.359. The molecule has 1 aromatic heterocycles. The van der Waals surface area contributed by atoms with E-state index in [0.29, 0.717) is 18.5 Å². The smallest absolute Gasteiger partial charge is 0.255 e. The van der Waals surface area contributed by atoms with Crippen molar-refractivity contribution >= 4 is 38.8 Å². The van der Waals surface area contributed by atoms with Gasteiger partial charge in [-0.2, -0.15) is 0 Å². The summed E-state index contributed by atoms with van der Waals surface area (Å²) in [6, 6.07) is 22.2. The first kappa shape index (κ1) is 20.4. The minimum absolute atomic E-state index is 0.121. The second-order valence-corrected chi connectivity index (χ2v) is 8.56. The number of halogens is 1. The molecule has 8 heteroatoms. The number of para-hydroxylation sites is 1. The van der Waals surface area contributed by atoms with Gasteiger partial charge in [-0.3, -0.25) is 9.59 Å². The van der Waals surface area contributed by atoms with Gasteiger partial charge in [0.15, 0.2) is 0 Å². The molecule has 2 heterocycles. The van der Waals surface area contributed by atoms with Gasteiger partial charge in [0.25, 0.3) is 5.91 Å². The van der Waals surface area contributed by atoms with Crippen LogP contribution < -0.4 is 5.32 Å². The van der Waals surface area contributed by atoms with Crippen LogP contribution in [-0.4, -0.2) is 38.3 Å². The van der Waals surface area contributed by atoms with E-state index in [9.17, 15) is 9.59 Å². The van der Waals surface area contributed by atoms with Crippen molar-refractivity contribution in [2.75, 3.05) is 6.54 Å². The molecule has 0 saturated carbocycles. The predicted octanol–water partition coefficient (Wildman–Crippen LogP) is 3.71. The zero-order valence-electron chi connectivity index (χ0n) is 17.1. The average molecular weight is 490 g/mol. The molecule has 5 rings (SSSR count). The number of benzene rings is 3. The first-order valence-electron chi connectivity index (χ1n) is 10.3. The third-order valence-corrected chi connectivity index (χ3v) is 6.21. The minimum Gasteiger partial charge on any atom is -0.335 e. The van der Waals surface area contributed by atoms with Crippen LogP contribution in [0.1, 0.15) is 27.5 Å². The molecule has 0 aliphatic carbocycles. The van der Waals surface area contributed by atoms with Crippen LogP contribution >= 0.6 is 15.9 Å². The maximum Gasteiger partial charge on any atom is 0.255 e. The number of aromatic nitrogens is 3. The van der Waals surface area contributed by atoms with Crippen molar-refractivity contribution < 1.29 is 9.59 Å². The van der Waals surface area contributed by atoms with Crippen LogP contribution in [-0.2, 0) is 17.9 Å². The third kappa shape index (κ3) is 3.78. The van der Waals surface area contributed by atoms with E-state index in [4.69, 9.17) is 0 Å². The molecule has 1 unspecified atom stereocenters. The summed E-state index contributed by atoms with van der Waals surface area (Å²) in [6.45, 7) is 0.617. The van der Waals surface area contributed by atoms with Crippen LogP contribution in [0.25, 0.3) is 11.0 Å². The summed E-state index contributed by atoms with van der Waals surface area (Å²) in [4.78, 5) is 28.0.